The first-order chi connectivity index (χ1) is 16.8. The molecule has 0 bridgehead atoms. The quantitative estimate of drug-likeness (QED) is 0.475. The maximum Gasteiger partial charge on any atom is 0.408 e. The zero-order valence-corrected chi connectivity index (χ0v) is 21.9. The highest BCUT2D eigenvalue weighted by Crippen LogP contribution is 2.26. The fraction of sp³-hybridized carbons (Fsp3) is 0.440. The summed E-state index contributed by atoms with van der Waals surface area (Å²) >= 11 is 3.44. The van der Waals surface area contributed by atoms with Crippen molar-refractivity contribution in [2.24, 2.45) is 0 Å². The number of carbonyl (C=O) groups is 2. The summed E-state index contributed by atoms with van der Waals surface area (Å²) in [7, 11) is 0. The number of alkyl halides is 3. The predicted molar refractivity (Wildman–Crippen MR) is 137 cm³/mol. The zero-order valence-electron chi connectivity index (χ0n) is 20.4. The number of piperazine rings is 1. The molecule has 0 aliphatic carbocycles. The fourth-order valence-electron chi connectivity index (χ4n) is 3.72. The summed E-state index contributed by atoms with van der Waals surface area (Å²) in [5, 5.41) is 4.82. The van der Waals surface area contributed by atoms with Gasteiger partial charge in [-0.25, -0.2) is 4.79 Å². The molecule has 1 aliphatic heterocycles. The SMILES string of the molecule is CC(C)(C)NC(=O)OC(CC(F)(F)F)C(=O)Nc1ccc(N2CCN(c3ccc(Br)cc3)CC2)cc1. The van der Waals surface area contributed by atoms with E-state index in [1.807, 2.05) is 12.1 Å². The van der Waals surface area contributed by atoms with Gasteiger partial charge in [0, 0.05) is 53.3 Å². The number of alkyl carbamates (subject to hydrolysis) is 1. The van der Waals surface area contributed by atoms with E-state index in [1.165, 1.54) is 0 Å². The molecule has 1 fully saturated rings. The Morgan fingerprint density at radius 3 is 1.83 bits per heavy atom. The summed E-state index contributed by atoms with van der Waals surface area (Å²) in [5.74, 6) is -1.05. The summed E-state index contributed by atoms with van der Waals surface area (Å²) in [5.41, 5.74) is 1.68. The van der Waals surface area contributed by atoms with Gasteiger partial charge in [0.25, 0.3) is 5.91 Å². The maximum atomic E-state index is 13.0. The summed E-state index contributed by atoms with van der Waals surface area (Å²) in [4.78, 5) is 29.0. The van der Waals surface area contributed by atoms with Gasteiger partial charge < -0.3 is 25.2 Å². The summed E-state index contributed by atoms with van der Waals surface area (Å²) in [6.45, 7) is 8.22. The molecule has 0 spiro atoms. The molecule has 2 amide bonds. The molecule has 1 unspecified atom stereocenters. The van der Waals surface area contributed by atoms with Crippen LogP contribution in [-0.4, -0.2) is 56.0 Å². The van der Waals surface area contributed by atoms with Crippen LogP contribution in [0.3, 0.4) is 0 Å². The zero-order chi connectivity index (χ0) is 26.5. The Kier molecular flexibility index (Phi) is 8.76. The van der Waals surface area contributed by atoms with Crippen molar-refractivity contribution < 1.29 is 27.5 Å². The van der Waals surface area contributed by atoms with Crippen LogP contribution in [0.1, 0.15) is 27.2 Å². The van der Waals surface area contributed by atoms with E-state index in [9.17, 15) is 22.8 Å². The van der Waals surface area contributed by atoms with Crippen LogP contribution >= 0.6 is 15.9 Å². The van der Waals surface area contributed by atoms with E-state index < -0.39 is 36.2 Å². The van der Waals surface area contributed by atoms with E-state index in [2.05, 4.69) is 48.5 Å². The Labute approximate surface area is 217 Å². The third-order valence-electron chi connectivity index (χ3n) is 5.41. The molecule has 36 heavy (non-hydrogen) atoms. The first-order valence-corrected chi connectivity index (χ1v) is 12.3. The molecule has 0 aromatic heterocycles. The van der Waals surface area contributed by atoms with Crippen LogP contribution < -0.4 is 20.4 Å². The number of amides is 2. The van der Waals surface area contributed by atoms with Crippen LogP contribution in [0.25, 0.3) is 0 Å². The summed E-state index contributed by atoms with van der Waals surface area (Å²) in [6, 6.07) is 15.0. The molecule has 2 N–H and O–H groups in total. The van der Waals surface area contributed by atoms with E-state index >= 15 is 0 Å². The molecule has 1 atom stereocenters. The molecule has 2 aromatic carbocycles. The van der Waals surface area contributed by atoms with Crippen LogP contribution in [0.2, 0.25) is 0 Å². The smallest absolute Gasteiger partial charge is 0.408 e. The monoisotopic (exact) mass is 570 g/mol. The predicted octanol–water partition coefficient (Wildman–Crippen LogP) is 5.56. The van der Waals surface area contributed by atoms with Crippen molar-refractivity contribution in [3.8, 4) is 0 Å². The van der Waals surface area contributed by atoms with E-state index in [1.54, 1.807) is 45.0 Å². The first kappa shape index (κ1) is 27.6. The molecule has 1 aliphatic rings. The van der Waals surface area contributed by atoms with Crippen molar-refractivity contribution in [1.82, 2.24) is 5.32 Å². The lowest BCUT2D eigenvalue weighted by molar-refractivity contribution is -0.161. The number of rotatable bonds is 6. The number of nitrogens with one attached hydrogen (secondary N) is 2. The molecule has 2 aromatic rings. The third kappa shape index (κ3) is 8.61. The highest BCUT2D eigenvalue weighted by atomic mass is 79.9. The first-order valence-electron chi connectivity index (χ1n) is 11.5. The number of halogens is 4. The van der Waals surface area contributed by atoms with Crippen molar-refractivity contribution in [2.75, 3.05) is 41.3 Å². The van der Waals surface area contributed by atoms with Crippen molar-refractivity contribution >= 4 is 45.0 Å². The largest absolute Gasteiger partial charge is 0.436 e. The summed E-state index contributed by atoms with van der Waals surface area (Å²) in [6.07, 6.45) is -9.38. The molecular weight excluding hydrogens is 541 g/mol. The number of anilines is 3. The van der Waals surface area contributed by atoms with Gasteiger partial charge in [0.15, 0.2) is 6.10 Å². The number of benzene rings is 2. The van der Waals surface area contributed by atoms with Gasteiger partial charge in [-0.2, -0.15) is 13.2 Å². The van der Waals surface area contributed by atoms with Gasteiger partial charge in [-0.15, -0.1) is 0 Å². The van der Waals surface area contributed by atoms with Crippen molar-refractivity contribution in [2.45, 2.75) is 45.0 Å². The Bertz CT molecular complexity index is 1030. The van der Waals surface area contributed by atoms with Crippen LogP contribution in [-0.2, 0) is 9.53 Å². The number of carbonyl (C=O) groups excluding carboxylic acids is 2. The molecule has 0 saturated carbocycles. The van der Waals surface area contributed by atoms with Gasteiger partial charge >= 0.3 is 12.3 Å². The topological polar surface area (TPSA) is 73.9 Å². The molecular formula is C25H30BrF3N4O3. The lowest BCUT2D eigenvalue weighted by Crippen LogP contribution is -2.46. The lowest BCUT2D eigenvalue weighted by atomic mass is 10.1. The molecule has 196 valence electrons. The van der Waals surface area contributed by atoms with Crippen LogP contribution in [0.4, 0.5) is 35.0 Å². The number of hydrogen-bond acceptors (Lipinski definition) is 5. The second-order valence-electron chi connectivity index (χ2n) is 9.57. The highest BCUT2D eigenvalue weighted by molar-refractivity contribution is 9.10. The minimum absolute atomic E-state index is 0.309. The summed E-state index contributed by atoms with van der Waals surface area (Å²) < 4.78 is 44.8. The third-order valence-corrected chi connectivity index (χ3v) is 5.94. The van der Waals surface area contributed by atoms with Gasteiger partial charge in [-0.1, -0.05) is 15.9 Å². The molecule has 3 rings (SSSR count). The number of nitrogens with zero attached hydrogens (tertiary/aromatic N) is 2. The molecule has 1 saturated heterocycles. The molecule has 0 radical (unpaired) electrons. The van der Waals surface area contributed by atoms with E-state index in [0.29, 0.717) is 5.69 Å². The highest BCUT2D eigenvalue weighted by Gasteiger charge is 2.38. The van der Waals surface area contributed by atoms with Gasteiger partial charge in [0.1, 0.15) is 0 Å². The van der Waals surface area contributed by atoms with Gasteiger partial charge in [-0.05, 0) is 69.3 Å². The van der Waals surface area contributed by atoms with Crippen molar-refractivity contribution in [3.63, 3.8) is 0 Å². The molecule has 7 nitrogen and oxygen atoms in total. The maximum absolute atomic E-state index is 13.0. The minimum atomic E-state index is -4.69. The second-order valence-corrected chi connectivity index (χ2v) is 10.5. The average Bonchev–Trinajstić information content (AvgIpc) is 2.78. The standard InChI is InChI=1S/C25H30BrF3N4O3/c1-24(2,3)31-23(35)36-21(16-25(27,28)29)22(34)30-18-6-10-20(11-7-18)33-14-12-32(13-15-33)19-8-4-17(26)5-9-19/h4-11,21H,12-16H2,1-3H3,(H,30,34)(H,31,35). The molecule has 1 heterocycles. The van der Waals surface area contributed by atoms with Gasteiger partial charge in [-0.3, -0.25) is 4.79 Å². The molecule has 11 heteroatoms. The second kappa shape index (κ2) is 11.4. The van der Waals surface area contributed by atoms with Gasteiger partial charge in [0.2, 0.25) is 0 Å². The van der Waals surface area contributed by atoms with Crippen molar-refractivity contribution in [3.05, 3.63) is 53.0 Å². The van der Waals surface area contributed by atoms with E-state index in [0.717, 1.165) is 42.0 Å². The normalized spacial score (nSPS) is 15.3. The lowest BCUT2D eigenvalue weighted by Gasteiger charge is -2.37. The van der Waals surface area contributed by atoms with Gasteiger partial charge in [0.05, 0.1) is 6.42 Å². The Balaban J connectivity index is 1.58. The van der Waals surface area contributed by atoms with E-state index in [4.69, 9.17) is 4.74 Å². The van der Waals surface area contributed by atoms with Crippen LogP contribution in [0.5, 0.6) is 0 Å². The van der Waals surface area contributed by atoms with E-state index in [-0.39, 0.29) is 0 Å². The average molecular weight is 571 g/mol. The van der Waals surface area contributed by atoms with Crippen molar-refractivity contribution in [1.29, 1.82) is 0 Å². The van der Waals surface area contributed by atoms with Crippen LogP contribution in [0, 0.1) is 0 Å². The van der Waals surface area contributed by atoms with Crippen LogP contribution in [0.15, 0.2) is 53.0 Å². The Morgan fingerprint density at radius 2 is 1.39 bits per heavy atom. The number of ether oxygens (including phenoxy) is 1. The fourth-order valence-corrected chi connectivity index (χ4v) is 3.98. The Hall–Kier alpha value is -2.95. The minimum Gasteiger partial charge on any atom is -0.436 e. The Morgan fingerprint density at radius 1 is 0.917 bits per heavy atom. The number of hydrogen-bond donors (Lipinski definition) is 2.